The van der Waals surface area contributed by atoms with Crippen molar-refractivity contribution in [2.75, 3.05) is 7.11 Å². The van der Waals surface area contributed by atoms with Gasteiger partial charge < -0.3 is 9.72 Å². The molecule has 0 spiro atoms. The minimum Gasteiger partial charge on any atom is -0.497 e. The smallest absolute Gasteiger partial charge is 0.252 e. The van der Waals surface area contributed by atoms with Crippen LogP contribution in [0.1, 0.15) is 85.6 Å². The molecule has 0 aliphatic heterocycles. The summed E-state index contributed by atoms with van der Waals surface area (Å²) in [5.41, 5.74) is 5.01. The number of aromatic amines is 1. The molecule has 1 fully saturated rings. The lowest BCUT2D eigenvalue weighted by atomic mass is 9.95. The van der Waals surface area contributed by atoms with Crippen molar-refractivity contribution in [2.24, 2.45) is 0 Å². The molecule has 200 valence electrons. The number of hydrogen-bond acceptors (Lipinski definition) is 6. The number of tetrazole rings is 1. The fraction of sp³-hybridized carbons (Fsp3) is 0.467. The number of hydrogen-bond donors (Lipinski definition) is 1. The van der Waals surface area contributed by atoms with E-state index in [-0.39, 0.29) is 11.6 Å². The van der Waals surface area contributed by atoms with E-state index in [2.05, 4.69) is 75.1 Å². The van der Waals surface area contributed by atoms with E-state index in [1.807, 2.05) is 18.2 Å². The molecule has 8 heteroatoms. The highest BCUT2D eigenvalue weighted by molar-refractivity contribution is 5.83. The fourth-order valence-corrected chi connectivity index (χ4v) is 5.90. The van der Waals surface area contributed by atoms with Crippen LogP contribution in [-0.4, -0.2) is 37.2 Å². The van der Waals surface area contributed by atoms with Crippen LogP contribution in [-0.2, 0) is 13.1 Å². The van der Waals surface area contributed by atoms with Gasteiger partial charge in [0.1, 0.15) is 5.75 Å². The highest BCUT2D eigenvalue weighted by Crippen LogP contribution is 2.33. The number of fused-ring (bicyclic) bond motifs is 1. The second kappa shape index (κ2) is 11.5. The summed E-state index contributed by atoms with van der Waals surface area (Å²) in [4.78, 5) is 18.8. The summed E-state index contributed by atoms with van der Waals surface area (Å²) in [6.45, 7) is 7.46. The molecule has 1 aliphatic rings. The van der Waals surface area contributed by atoms with E-state index in [9.17, 15) is 4.79 Å². The summed E-state index contributed by atoms with van der Waals surface area (Å²) in [7, 11) is 1.68. The largest absolute Gasteiger partial charge is 0.497 e. The highest BCUT2D eigenvalue weighted by Gasteiger charge is 2.29. The van der Waals surface area contributed by atoms with E-state index in [1.54, 1.807) is 7.11 Å². The van der Waals surface area contributed by atoms with Crippen molar-refractivity contribution >= 4 is 10.9 Å². The Hall–Kier alpha value is -3.52. The number of benzene rings is 2. The maximum atomic E-state index is 13.3. The normalized spacial score (nSPS) is 15.3. The zero-order valence-corrected chi connectivity index (χ0v) is 22.9. The van der Waals surface area contributed by atoms with Crippen molar-refractivity contribution in [1.82, 2.24) is 30.1 Å². The number of aromatic nitrogens is 5. The highest BCUT2D eigenvalue weighted by atomic mass is 16.5. The standard InChI is InChI=1S/C30H38N6O2/c1-5-28(29-32-33-34-36(29)24-9-7-6-8-10-24)35(18-22-11-13-25(38-4)14-12-22)19-23-17-26-21(3)15-20(2)16-27(26)31-30(23)37/h11-17,24,28H,5-10,18-19H2,1-4H3,(H,31,37)/t28-/m0/s1. The van der Waals surface area contributed by atoms with Crippen LogP contribution >= 0.6 is 0 Å². The quantitative estimate of drug-likeness (QED) is 0.304. The minimum atomic E-state index is -0.0519. The van der Waals surface area contributed by atoms with Crippen LogP contribution in [0.3, 0.4) is 0 Å². The van der Waals surface area contributed by atoms with Crippen molar-refractivity contribution < 1.29 is 4.74 Å². The van der Waals surface area contributed by atoms with Gasteiger partial charge in [0.25, 0.3) is 5.56 Å². The Balaban J connectivity index is 1.53. The van der Waals surface area contributed by atoms with Crippen molar-refractivity contribution in [1.29, 1.82) is 0 Å². The number of rotatable bonds is 9. The molecule has 5 rings (SSSR count). The van der Waals surface area contributed by atoms with Gasteiger partial charge in [-0.25, -0.2) is 4.68 Å². The van der Waals surface area contributed by atoms with Crippen LogP contribution in [0.2, 0.25) is 0 Å². The predicted octanol–water partition coefficient (Wildman–Crippen LogP) is 5.80. The number of nitrogens with one attached hydrogen (secondary N) is 1. The molecule has 4 aromatic rings. The molecule has 0 saturated heterocycles. The number of nitrogens with zero attached hydrogens (tertiary/aromatic N) is 5. The lowest BCUT2D eigenvalue weighted by Crippen LogP contribution is -2.33. The maximum absolute atomic E-state index is 13.3. The molecule has 0 amide bonds. The molecule has 2 heterocycles. The maximum Gasteiger partial charge on any atom is 0.252 e. The molecule has 0 unspecified atom stereocenters. The van der Waals surface area contributed by atoms with Crippen LogP contribution in [0.4, 0.5) is 0 Å². The van der Waals surface area contributed by atoms with Gasteiger partial charge in [-0.05, 0) is 84.5 Å². The molecule has 0 radical (unpaired) electrons. The second-order valence-electron chi connectivity index (χ2n) is 10.6. The number of ether oxygens (including phenoxy) is 1. The van der Waals surface area contributed by atoms with Crippen LogP contribution in [0, 0.1) is 13.8 Å². The third kappa shape index (κ3) is 5.50. The SMILES string of the molecule is CC[C@@H](c1nnnn1C1CCCCC1)N(Cc1ccc(OC)cc1)Cc1cc2c(C)cc(C)cc2[nH]c1=O. The van der Waals surface area contributed by atoms with Gasteiger partial charge in [-0.2, -0.15) is 0 Å². The third-order valence-electron chi connectivity index (χ3n) is 7.87. The van der Waals surface area contributed by atoms with E-state index in [0.717, 1.165) is 64.0 Å². The summed E-state index contributed by atoms with van der Waals surface area (Å²) in [5, 5.41) is 14.2. The Morgan fingerprint density at radius 1 is 1.08 bits per heavy atom. The first kappa shape index (κ1) is 26.1. The molecule has 2 aromatic carbocycles. The molecular formula is C30H38N6O2. The first-order valence-electron chi connectivity index (χ1n) is 13.7. The van der Waals surface area contributed by atoms with Crippen molar-refractivity contribution in [3.8, 4) is 5.75 Å². The molecule has 1 N–H and O–H groups in total. The minimum absolute atomic E-state index is 0.0387. The van der Waals surface area contributed by atoms with E-state index >= 15 is 0 Å². The van der Waals surface area contributed by atoms with Crippen LogP contribution in [0.25, 0.3) is 10.9 Å². The van der Waals surface area contributed by atoms with Gasteiger partial charge in [-0.3, -0.25) is 9.69 Å². The summed E-state index contributed by atoms with van der Waals surface area (Å²) in [5.74, 6) is 1.71. The Bertz CT molecular complexity index is 1440. The molecule has 1 saturated carbocycles. The molecule has 8 nitrogen and oxygen atoms in total. The van der Waals surface area contributed by atoms with Gasteiger partial charge in [0.15, 0.2) is 5.82 Å². The van der Waals surface area contributed by atoms with Gasteiger partial charge in [0.2, 0.25) is 0 Å². The first-order valence-corrected chi connectivity index (χ1v) is 13.7. The van der Waals surface area contributed by atoms with Gasteiger partial charge in [0, 0.05) is 29.6 Å². The number of pyridine rings is 1. The molecule has 0 bridgehead atoms. The summed E-state index contributed by atoms with van der Waals surface area (Å²) in [6.07, 6.45) is 6.74. The van der Waals surface area contributed by atoms with Crippen LogP contribution < -0.4 is 10.3 Å². The van der Waals surface area contributed by atoms with E-state index in [4.69, 9.17) is 4.74 Å². The first-order chi connectivity index (χ1) is 18.5. The Morgan fingerprint density at radius 2 is 1.84 bits per heavy atom. The van der Waals surface area contributed by atoms with Crippen LogP contribution in [0.15, 0.2) is 47.3 Å². The predicted molar refractivity (Wildman–Crippen MR) is 149 cm³/mol. The van der Waals surface area contributed by atoms with E-state index in [0.29, 0.717) is 19.1 Å². The van der Waals surface area contributed by atoms with Crippen molar-refractivity contribution in [3.63, 3.8) is 0 Å². The van der Waals surface area contributed by atoms with Gasteiger partial charge >= 0.3 is 0 Å². The molecule has 1 atom stereocenters. The van der Waals surface area contributed by atoms with Crippen LogP contribution in [0.5, 0.6) is 5.75 Å². The van der Waals surface area contributed by atoms with Gasteiger partial charge in [-0.15, -0.1) is 5.10 Å². The average Bonchev–Trinajstić information content (AvgIpc) is 3.40. The Morgan fingerprint density at radius 3 is 2.55 bits per heavy atom. The zero-order valence-electron chi connectivity index (χ0n) is 22.9. The van der Waals surface area contributed by atoms with E-state index < -0.39 is 0 Å². The summed E-state index contributed by atoms with van der Waals surface area (Å²) in [6, 6.07) is 14.7. The molecule has 1 aliphatic carbocycles. The number of methoxy groups -OCH3 is 1. The zero-order chi connectivity index (χ0) is 26.6. The lowest BCUT2D eigenvalue weighted by Gasteiger charge is -2.32. The monoisotopic (exact) mass is 514 g/mol. The number of H-pyrrole nitrogens is 1. The third-order valence-corrected chi connectivity index (χ3v) is 7.87. The Labute approximate surface area is 224 Å². The van der Waals surface area contributed by atoms with Gasteiger partial charge in [-0.1, -0.05) is 44.4 Å². The second-order valence-corrected chi connectivity index (χ2v) is 10.6. The molecule has 2 aromatic heterocycles. The van der Waals surface area contributed by atoms with Gasteiger partial charge in [0.05, 0.1) is 19.2 Å². The number of aryl methyl sites for hydroxylation is 2. The Kier molecular flexibility index (Phi) is 7.88. The molecular weight excluding hydrogens is 476 g/mol. The topological polar surface area (TPSA) is 88.9 Å². The lowest BCUT2D eigenvalue weighted by molar-refractivity contribution is 0.155. The molecule has 38 heavy (non-hydrogen) atoms. The summed E-state index contributed by atoms with van der Waals surface area (Å²) < 4.78 is 7.43. The van der Waals surface area contributed by atoms with E-state index in [1.165, 1.54) is 19.3 Å². The fourth-order valence-electron chi connectivity index (χ4n) is 5.90. The summed E-state index contributed by atoms with van der Waals surface area (Å²) >= 11 is 0. The van der Waals surface area contributed by atoms with Crippen molar-refractivity contribution in [2.45, 2.75) is 84.5 Å². The average molecular weight is 515 g/mol. The van der Waals surface area contributed by atoms with Crippen molar-refractivity contribution in [3.05, 3.63) is 80.9 Å².